The topological polar surface area (TPSA) is 70.7 Å². The van der Waals surface area contributed by atoms with Crippen molar-refractivity contribution in [2.24, 2.45) is 0 Å². The number of nitrogens with zero attached hydrogens (tertiary/aromatic N) is 1. The highest BCUT2D eigenvalue weighted by atomic mass is 16.5. The molecular formula is C22H19N3O3. The van der Waals surface area contributed by atoms with Crippen molar-refractivity contribution in [1.29, 1.82) is 0 Å². The van der Waals surface area contributed by atoms with Crippen LogP contribution in [0.15, 0.2) is 84.9 Å². The van der Waals surface area contributed by atoms with Crippen LogP contribution in [0.5, 0.6) is 5.75 Å². The standard InChI is InChI=1S/C22H19N3O3/c26-20(15-28-17-11-5-2-6-12-17)24-25-21(16-9-3-1-4-10-16)23-19-14-8-7-13-18(19)22(25)27/h1-14,21,23H,15H2,(H,24,26). The van der Waals surface area contributed by atoms with Gasteiger partial charge in [0.1, 0.15) is 11.9 Å². The predicted molar refractivity (Wildman–Crippen MR) is 105 cm³/mol. The normalized spacial score (nSPS) is 15.4. The van der Waals surface area contributed by atoms with Gasteiger partial charge >= 0.3 is 0 Å². The predicted octanol–water partition coefficient (Wildman–Crippen LogP) is 3.36. The Kier molecular flexibility index (Phi) is 4.93. The maximum absolute atomic E-state index is 13.0. The van der Waals surface area contributed by atoms with Crippen molar-refractivity contribution in [2.75, 3.05) is 11.9 Å². The summed E-state index contributed by atoms with van der Waals surface area (Å²) >= 11 is 0. The molecule has 1 heterocycles. The summed E-state index contributed by atoms with van der Waals surface area (Å²) in [6.45, 7) is -0.197. The largest absolute Gasteiger partial charge is 0.484 e. The summed E-state index contributed by atoms with van der Waals surface area (Å²) in [4.78, 5) is 25.5. The Labute approximate surface area is 162 Å². The molecule has 0 bridgehead atoms. The van der Waals surface area contributed by atoms with Crippen LogP contribution in [0.4, 0.5) is 5.69 Å². The molecule has 140 valence electrons. The lowest BCUT2D eigenvalue weighted by atomic mass is 10.1. The number of para-hydroxylation sites is 2. The molecule has 0 spiro atoms. The molecule has 0 radical (unpaired) electrons. The maximum atomic E-state index is 13.0. The highest BCUT2D eigenvalue weighted by Gasteiger charge is 2.34. The Hall–Kier alpha value is -3.80. The van der Waals surface area contributed by atoms with Gasteiger partial charge in [-0.05, 0) is 29.8 Å². The fourth-order valence-corrected chi connectivity index (χ4v) is 3.07. The molecule has 28 heavy (non-hydrogen) atoms. The molecule has 1 aliphatic rings. The van der Waals surface area contributed by atoms with Gasteiger partial charge in [-0.25, -0.2) is 5.01 Å². The summed E-state index contributed by atoms with van der Waals surface area (Å²) in [6.07, 6.45) is -0.524. The molecular weight excluding hydrogens is 354 g/mol. The molecule has 1 atom stereocenters. The quantitative estimate of drug-likeness (QED) is 0.719. The number of carbonyl (C=O) groups is 2. The smallest absolute Gasteiger partial charge is 0.276 e. The van der Waals surface area contributed by atoms with Crippen molar-refractivity contribution in [2.45, 2.75) is 6.17 Å². The third-order valence-electron chi connectivity index (χ3n) is 4.40. The fraction of sp³-hybridized carbons (Fsp3) is 0.0909. The lowest BCUT2D eigenvalue weighted by Gasteiger charge is -2.37. The first-order valence-electron chi connectivity index (χ1n) is 8.94. The van der Waals surface area contributed by atoms with E-state index >= 15 is 0 Å². The zero-order chi connectivity index (χ0) is 19.3. The van der Waals surface area contributed by atoms with E-state index in [9.17, 15) is 9.59 Å². The second-order valence-electron chi connectivity index (χ2n) is 6.32. The number of carbonyl (C=O) groups excluding carboxylic acids is 2. The summed E-state index contributed by atoms with van der Waals surface area (Å²) in [7, 11) is 0. The summed E-state index contributed by atoms with van der Waals surface area (Å²) < 4.78 is 5.48. The number of hydrogen-bond donors (Lipinski definition) is 2. The number of hydrazine groups is 1. The van der Waals surface area contributed by atoms with Gasteiger partial charge in [0.25, 0.3) is 11.8 Å². The molecule has 3 aromatic rings. The van der Waals surface area contributed by atoms with E-state index in [1.165, 1.54) is 5.01 Å². The number of nitrogens with one attached hydrogen (secondary N) is 2. The number of hydrogen-bond acceptors (Lipinski definition) is 4. The molecule has 3 aromatic carbocycles. The molecule has 0 saturated carbocycles. The van der Waals surface area contributed by atoms with E-state index in [1.807, 2.05) is 60.7 Å². The van der Waals surface area contributed by atoms with Crippen molar-refractivity contribution >= 4 is 17.5 Å². The average molecular weight is 373 g/mol. The van der Waals surface area contributed by atoms with Crippen LogP contribution >= 0.6 is 0 Å². The third-order valence-corrected chi connectivity index (χ3v) is 4.40. The van der Waals surface area contributed by atoms with E-state index in [0.717, 1.165) is 11.3 Å². The summed E-state index contributed by atoms with van der Waals surface area (Å²) in [5, 5.41) is 4.64. The Bertz CT molecular complexity index is 977. The van der Waals surface area contributed by atoms with Gasteiger partial charge < -0.3 is 10.1 Å². The minimum absolute atomic E-state index is 0.197. The van der Waals surface area contributed by atoms with E-state index in [4.69, 9.17) is 4.74 Å². The van der Waals surface area contributed by atoms with E-state index in [-0.39, 0.29) is 12.5 Å². The Morgan fingerprint density at radius 1 is 0.929 bits per heavy atom. The first-order valence-corrected chi connectivity index (χ1v) is 8.94. The molecule has 1 aliphatic heterocycles. The van der Waals surface area contributed by atoms with E-state index < -0.39 is 12.1 Å². The molecule has 0 fully saturated rings. The number of anilines is 1. The van der Waals surface area contributed by atoms with E-state index in [2.05, 4.69) is 10.7 Å². The van der Waals surface area contributed by atoms with Crippen molar-refractivity contribution in [1.82, 2.24) is 10.4 Å². The molecule has 2 amide bonds. The lowest BCUT2D eigenvalue weighted by molar-refractivity contribution is -0.127. The van der Waals surface area contributed by atoms with Gasteiger partial charge in [-0.15, -0.1) is 0 Å². The van der Waals surface area contributed by atoms with Crippen molar-refractivity contribution in [3.63, 3.8) is 0 Å². The van der Waals surface area contributed by atoms with Crippen molar-refractivity contribution in [3.05, 3.63) is 96.1 Å². The second kappa shape index (κ2) is 7.84. The molecule has 0 aliphatic carbocycles. The number of fused-ring (bicyclic) bond motifs is 1. The zero-order valence-electron chi connectivity index (χ0n) is 15.0. The molecule has 6 heteroatoms. The zero-order valence-corrected chi connectivity index (χ0v) is 15.0. The fourth-order valence-electron chi connectivity index (χ4n) is 3.07. The summed E-state index contributed by atoms with van der Waals surface area (Å²) in [6, 6.07) is 25.8. The second-order valence-corrected chi connectivity index (χ2v) is 6.32. The summed E-state index contributed by atoms with van der Waals surface area (Å²) in [5.41, 5.74) is 4.77. The first kappa shape index (κ1) is 17.6. The van der Waals surface area contributed by atoms with Crippen molar-refractivity contribution in [3.8, 4) is 5.75 Å². The molecule has 2 N–H and O–H groups in total. The number of amides is 2. The number of ether oxygens (including phenoxy) is 1. The highest BCUT2D eigenvalue weighted by Crippen LogP contribution is 2.31. The molecule has 1 unspecified atom stereocenters. The molecule has 0 saturated heterocycles. The van der Waals surface area contributed by atoms with Gasteiger partial charge in [0.15, 0.2) is 6.61 Å². The van der Waals surface area contributed by atoms with Gasteiger partial charge in [-0.2, -0.15) is 0 Å². The van der Waals surface area contributed by atoms with Gasteiger partial charge in [-0.3, -0.25) is 15.0 Å². The average Bonchev–Trinajstić information content (AvgIpc) is 2.75. The first-order chi connectivity index (χ1) is 13.7. The Balaban J connectivity index is 1.55. The Morgan fingerprint density at radius 2 is 1.57 bits per heavy atom. The van der Waals surface area contributed by atoms with Crippen LogP contribution in [0.25, 0.3) is 0 Å². The monoisotopic (exact) mass is 373 g/mol. The minimum Gasteiger partial charge on any atom is -0.484 e. The lowest BCUT2D eigenvalue weighted by Crippen LogP contribution is -2.53. The van der Waals surface area contributed by atoms with Crippen LogP contribution in [0, 0.1) is 0 Å². The number of rotatable bonds is 5. The van der Waals surface area contributed by atoms with Crippen LogP contribution in [-0.2, 0) is 4.79 Å². The van der Waals surface area contributed by atoms with E-state index in [0.29, 0.717) is 11.3 Å². The van der Waals surface area contributed by atoms with Crippen LogP contribution in [0.2, 0.25) is 0 Å². The van der Waals surface area contributed by atoms with Gasteiger partial charge in [-0.1, -0.05) is 60.7 Å². The highest BCUT2D eigenvalue weighted by molar-refractivity contribution is 6.02. The third kappa shape index (κ3) is 3.66. The van der Waals surface area contributed by atoms with Gasteiger partial charge in [0.05, 0.1) is 5.56 Å². The number of benzene rings is 3. The Morgan fingerprint density at radius 3 is 2.32 bits per heavy atom. The molecule has 0 aromatic heterocycles. The van der Waals surface area contributed by atoms with Crippen LogP contribution < -0.4 is 15.5 Å². The maximum Gasteiger partial charge on any atom is 0.276 e. The van der Waals surface area contributed by atoms with Crippen LogP contribution in [0.3, 0.4) is 0 Å². The molecule has 6 nitrogen and oxygen atoms in total. The van der Waals surface area contributed by atoms with Crippen molar-refractivity contribution < 1.29 is 14.3 Å². The SMILES string of the molecule is O=C(COc1ccccc1)NN1C(=O)c2ccccc2NC1c1ccccc1. The van der Waals surface area contributed by atoms with Gasteiger partial charge in [0.2, 0.25) is 0 Å². The van der Waals surface area contributed by atoms with Crippen LogP contribution in [0.1, 0.15) is 22.1 Å². The minimum atomic E-state index is -0.524. The van der Waals surface area contributed by atoms with Gasteiger partial charge in [0, 0.05) is 5.69 Å². The van der Waals surface area contributed by atoms with E-state index in [1.54, 1.807) is 24.3 Å². The molecule has 4 rings (SSSR count). The van der Waals surface area contributed by atoms with Crippen LogP contribution in [-0.4, -0.2) is 23.4 Å². The summed E-state index contributed by atoms with van der Waals surface area (Å²) in [5.74, 6) is -0.110.